The first kappa shape index (κ1) is 85.9. The van der Waals surface area contributed by atoms with Gasteiger partial charge < -0.3 is 4.74 Å². The van der Waals surface area contributed by atoms with Crippen LogP contribution in [0.15, 0.2) is 24.3 Å². The van der Waals surface area contributed by atoms with Gasteiger partial charge in [-0.3, -0.25) is 9.69 Å². The minimum absolute atomic E-state index is 0. The number of benzene rings is 1. The van der Waals surface area contributed by atoms with Crippen molar-refractivity contribution in [1.82, 2.24) is 4.90 Å². The molecule has 0 saturated carbocycles. The van der Waals surface area contributed by atoms with Crippen LogP contribution >= 0.6 is 18.0 Å². The first-order valence-corrected chi connectivity index (χ1v) is 29.5. The number of nitrogens with zero attached hydrogens (tertiary/aromatic N) is 1. The fourth-order valence-electron chi connectivity index (χ4n) is 7.18. The van der Waals surface area contributed by atoms with Gasteiger partial charge in [0, 0.05) is 37.7 Å². The Hall–Kier alpha value is 1.01. The summed E-state index contributed by atoms with van der Waals surface area (Å²) in [5, 5.41) is 0.397. The van der Waals surface area contributed by atoms with Crippen LogP contribution in [0.2, 0.25) is 0 Å². The molecule has 0 radical (unpaired) electrons. The molecule has 0 amide bonds. The van der Waals surface area contributed by atoms with Crippen molar-refractivity contribution >= 4 is 36.0 Å². The predicted octanol–water partition coefficient (Wildman–Crippen LogP) is 18.7. The minimum atomic E-state index is -0.196. The standard InChI is InChI=1S/C11H16.C11H24.C9H21N.C9H18O.C9H20S.C8H18O.C8H17P.Rb/c1-9-7-5-6-8-10(9)11(2,3)4;1-9(2,3)11(7,8)10(4,5)6;1-8(2,3)10(7)9(4,5)6;1-8(2,3)7(10)9(4,5)6;1-8(2,3)10(7)9(4,5)6;1-7(2,3)9-8(4,5)6;1-7(2)9(6)8(3,4)5;/h5-8H,1-4H3;1-8H3;1-7H3;1-6H3;7H2,1-6H3;1-6H3;6H2,1-5H3;/q;;;;;;;+1. The first-order chi connectivity index (χ1) is 29.5. The van der Waals surface area contributed by atoms with Crippen LogP contribution in [0.1, 0.15) is 288 Å². The molecule has 1 aromatic carbocycles. The second-order valence-corrected chi connectivity index (χ2v) is 38.7. The van der Waals surface area contributed by atoms with Crippen molar-refractivity contribution in [3.05, 3.63) is 41.1 Å². The second kappa shape index (κ2) is 31.6. The average Bonchev–Trinajstić information content (AvgIpc) is 3.02. The van der Waals surface area contributed by atoms with Gasteiger partial charge in [0.15, 0.2) is 0 Å². The Morgan fingerprint density at radius 3 is 0.859 bits per heavy atom. The third-order valence-electron chi connectivity index (χ3n) is 12.5. The van der Waals surface area contributed by atoms with E-state index < -0.39 is 0 Å². The fourth-order valence-corrected chi connectivity index (χ4v) is 10.4. The van der Waals surface area contributed by atoms with E-state index in [1.807, 2.05) is 41.5 Å². The number of carbonyl (C=O) groups excluding carboxylic acids is 1. The van der Waals surface area contributed by atoms with E-state index in [4.69, 9.17) is 4.74 Å². The van der Waals surface area contributed by atoms with Gasteiger partial charge in [-0.15, -0.1) is 19.5 Å². The van der Waals surface area contributed by atoms with Crippen molar-refractivity contribution in [3.63, 3.8) is 0 Å². The molecule has 71 heavy (non-hydrogen) atoms. The molecule has 1 unspecified atom stereocenters. The molecular formula is C65H134NO2PRbS+. The summed E-state index contributed by atoms with van der Waals surface area (Å²) in [4.78, 5) is 13.9. The van der Waals surface area contributed by atoms with Gasteiger partial charge in [-0.05, 0) is 151 Å². The molecule has 0 aliphatic carbocycles. The van der Waals surface area contributed by atoms with Gasteiger partial charge in [-0.25, -0.2) is 0 Å². The molecule has 3 nitrogen and oxygen atoms in total. The quantitative estimate of drug-likeness (QED) is 0.159. The number of carbonyl (C=O) groups is 1. The summed E-state index contributed by atoms with van der Waals surface area (Å²) in [6, 6.07) is 8.56. The van der Waals surface area contributed by atoms with Crippen LogP contribution in [0.5, 0.6) is 0 Å². The van der Waals surface area contributed by atoms with Gasteiger partial charge in [0.05, 0.1) is 16.4 Å². The monoisotopic (exact) mass is 1110 g/mol. The van der Waals surface area contributed by atoms with E-state index in [-0.39, 0.29) is 115 Å². The third-order valence-corrected chi connectivity index (χ3v) is 18.2. The number of hydrogen-bond donors (Lipinski definition) is 0. The van der Waals surface area contributed by atoms with E-state index >= 15 is 0 Å². The number of aryl methyl sites for hydroxylation is 1. The van der Waals surface area contributed by atoms with Crippen LogP contribution in [0.25, 0.3) is 0 Å². The van der Waals surface area contributed by atoms with Crippen molar-refractivity contribution < 1.29 is 67.7 Å². The van der Waals surface area contributed by atoms with Gasteiger partial charge in [-0.2, -0.15) is 10.5 Å². The average molecular weight is 1110 g/mol. The Labute approximate surface area is 504 Å². The Balaban J connectivity index is -0.000000134. The van der Waals surface area contributed by atoms with Crippen molar-refractivity contribution in [2.45, 2.75) is 326 Å². The molecule has 0 aliphatic heterocycles. The maximum absolute atomic E-state index is 11.5. The first-order valence-electron chi connectivity index (χ1n) is 26.5. The molecule has 0 heterocycles. The molecule has 0 aliphatic rings. The third kappa shape index (κ3) is 43.7. The summed E-state index contributed by atoms with van der Waals surface area (Å²) < 4.78 is 6.34. The van der Waals surface area contributed by atoms with E-state index in [0.29, 0.717) is 36.7 Å². The smallest absolute Gasteiger partial charge is 0.370 e. The van der Waals surface area contributed by atoms with Gasteiger partial charge in [0.25, 0.3) is 0 Å². The van der Waals surface area contributed by atoms with Crippen LogP contribution in [0.4, 0.5) is 0 Å². The zero-order chi connectivity index (χ0) is 59.1. The summed E-state index contributed by atoms with van der Waals surface area (Å²) in [7, 11) is 2.30. The Kier molecular flexibility index (Phi) is 38.2. The zero-order valence-corrected chi connectivity index (χ0v) is 64.0. The summed E-state index contributed by atoms with van der Waals surface area (Å²) in [6.45, 7) is 89.7. The summed E-state index contributed by atoms with van der Waals surface area (Å²) in [5.74, 6) is 4.53. The van der Waals surface area contributed by atoms with Gasteiger partial charge >= 0.3 is 58.2 Å². The van der Waals surface area contributed by atoms with Crippen molar-refractivity contribution in [2.75, 3.05) is 7.05 Å². The number of ether oxygens (including phenoxy) is 1. The molecule has 1 aromatic rings. The molecule has 0 spiro atoms. The number of hydrogen-bond acceptors (Lipinski definition) is 3. The van der Waals surface area contributed by atoms with Gasteiger partial charge in [-0.1, -0.05) is 197 Å². The van der Waals surface area contributed by atoms with Crippen LogP contribution in [0.3, 0.4) is 0 Å². The minimum Gasteiger partial charge on any atom is -0.370 e. The topological polar surface area (TPSA) is 29.5 Å². The number of rotatable bonds is 1. The van der Waals surface area contributed by atoms with E-state index in [1.54, 1.807) is 0 Å². The number of ketones is 1. The maximum Gasteiger partial charge on any atom is 1.00 e. The Morgan fingerprint density at radius 2 is 0.803 bits per heavy atom. The van der Waals surface area contributed by atoms with Crippen LogP contribution in [-0.2, 0) is 14.9 Å². The SMILES string of the molecule is C=S(C(C)(C)C)C(C)(C)C.C=[P+]([C-](C)C)C(C)(C)C.CC(C)(C)C(=O)C(C)(C)C.CC(C)(C)C(C)(C)C(C)(C)C.CC(C)(C)OC(C)(C)C.CN(C(C)(C)C)C(C)(C)C.Cc1ccccc1C(C)(C)C.[Rb+]. The Morgan fingerprint density at radius 1 is 0.535 bits per heavy atom. The molecule has 0 N–H and O–H groups in total. The molecule has 0 fully saturated rings. The second-order valence-electron chi connectivity index (χ2n) is 32.4. The van der Waals surface area contributed by atoms with Crippen molar-refractivity contribution in [2.24, 2.45) is 27.1 Å². The summed E-state index contributed by atoms with van der Waals surface area (Å²) >= 11 is 0. The van der Waals surface area contributed by atoms with Gasteiger partial charge in [0.1, 0.15) is 5.78 Å². The normalized spacial score (nSPS) is 13.7. The van der Waals surface area contributed by atoms with E-state index in [2.05, 4.69) is 291 Å². The van der Waals surface area contributed by atoms with E-state index in [0.717, 1.165) is 0 Å². The van der Waals surface area contributed by atoms with Crippen LogP contribution < -0.4 is 58.2 Å². The largest absolute Gasteiger partial charge is 1.00 e. The van der Waals surface area contributed by atoms with Crippen molar-refractivity contribution in [3.8, 4) is 0 Å². The van der Waals surface area contributed by atoms with Crippen LogP contribution in [-0.4, -0.2) is 66.8 Å². The molecule has 0 aromatic heterocycles. The van der Waals surface area contributed by atoms with E-state index in [1.165, 1.54) is 16.8 Å². The molecule has 1 atom stereocenters. The predicted molar refractivity (Wildman–Crippen MR) is 337 cm³/mol. The molecule has 0 saturated heterocycles. The Bertz CT molecular complexity index is 1520. The van der Waals surface area contributed by atoms with Gasteiger partial charge in [0.2, 0.25) is 0 Å². The summed E-state index contributed by atoms with van der Waals surface area (Å²) in [6.07, 6.45) is 4.14. The summed E-state index contributed by atoms with van der Waals surface area (Å²) in [5.41, 5.74) is 5.86. The van der Waals surface area contributed by atoms with Crippen LogP contribution in [0, 0.1) is 39.7 Å². The van der Waals surface area contributed by atoms with Crippen molar-refractivity contribution in [1.29, 1.82) is 0 Å². The molecule has 422 valence electrons. The molecule has 6 heteroatoms. The van der Waals surface area contributed by atoms with E-state index in [9.17, 15) is 4.79 Å². The maximum atomic E-state index is 11.5. The molecule has 1 rings (SSSR count). The zero-order valence-electron chi connectivity index (χ0n) is 57.3. The fraction of sp³-hybridized carbons (Fsp3) is 0.846. The number of Topliss-reactive ketones (excluding diaryl/α,β-unsaturated/α-hetero) is 1. The molecule has 0 bridgehead atoms. The molecular weight excluding hydrogens is 975 g/mol.